The molecule has 0 amide bonds. The zero-order chi connectivity index (χ0) is 27.6. The summed E-state index contributed by atoms with van der Waals surface area (Å²) in [6.07, 6.45) is -3.34. The van der Waals surface area contributed by atoms with Crippen LogP contribution >= 0.6 is 11.6 Å². The minimum Gasteiger partial charge on any atom is -0.483 e. The number of aromatic nitrogens is 2. The standard InChI is InChI=1S/C26H20ClF3N4O4/c1-3-15(2)38-23-17(12-19(27)13-22(23)34(36)37)14-31-33-24(16-7-6-8-18(11-16)26(28,29)30)32-21-10-5-4-9-20(21)25(33)35/h4-15H,3H2,1-2H3/t15-/m0/s1. The number of alkyl halides is 3. The fraction of sp³-hybridized carbons (Fsp3) is 0.192. The van der Waals surface area contributed by atoms with E-state index in [1.165, 1.54) is 24.3 Å². The van der Waals surface area contributed by atoms with E-state index in [-0.39, 0.29) is 38.6 Å². The van der Waals surface area contributed by atoms with Gasteiger partial charge in [-0.1, -0.05) is 42.8 Å². The van der Waals surface area contributed by atoms with Gasteiger partial charge in [0.05, 0.1) is 33.7 Å². The minimum absolute atomic E-state index is 0.00650. The molecule has 1 aromatic heterocycles. The molecule has 0 radical (unpaired) electrons. The van der Waals surface area contributed by atoms with Gasteiger partial charge in [-0.05, 0) is 43.7 Å². The maximum absolute atomic E-state index is 13.4. The van der Waals surface area contributed by atoms with Gasteiger partial charge in [0.1, 0.15) is 0 Å². The third-order valence-electron chi connectivity index (χ3n) is 5.67. The van der Waals surface area contributed by atoms with E-state index in [1.54, 1.807) is 25.1 Å². The lowest BCUT2D eigenvalue weighted by atomic mass is 10.1. The molecule has 8 nitrogen and oxygen atoms in total. The predicted molar refractivity (Wildman–Crippen MR) is 138 cm³/mol. The lowest BCUT2D eigenvalue weighted by Crippen LogP contribution is -2.20. The molecular formula is C26H20ClF3N4O4. The molecule has 0 unspecified atom stereocenters. The topological polar surface area (TPSA) is 99.6 Å². The molecule has 0 fully saturated rings. The van der Waals surface area contributed by atoms with E-state index in [0.717, 1.165) is 29.1 Å². The number of nitro groups is 1. The Morgan fingerprint density at radius 1 is 1.18 bits per heavy atom. The minimum atomic E-state index is -4.62. The average molecular weight is 545 g/mol. The van der Waals surface area contributed by atoms with E-state index in [2.05, 4.69) is 10.1 Å². The molecule has 0 aliphatic heterocycles. The molecule has 12 heteroatoms. The summed E-state index contributed by atoms with van der Waals surface area (Å²) in [5, 5.41) is 16.1. The lowest BCUT2D eigenvalue weighted by Gasteiger charge is -2.15. The second-order valence-electron chi connectivity index (χ2n) is 8.33. The number of fused-ring (bicyclic) bond motifs is 1. The maximum atomic E-state index is 13.4. The van der Waals surface area contributed by atoms with Crippen molar-refractivity contribution in [2.75, 3.05) is 0 Å². The van der Waals surface area contributed by atoms with Gasteiger partial charge in [0.15, 0.2) is 5.82 Å². The van der Waals surface area contributed by atoms with Gasteiger partial charge in [-0.2, -0.15) is 22.9 Å². The van der Waals surface area contributed by atoms with Crippen molar-refractivity contribution in [1.29, 1.82) is 0 Å². The smallest absolute Gasteiger partial charge is 0.416 e. The van der Waals surface area contributed by atoms with Gasteiger partial charge in [0, 0.05) is 22.2 Å². The Hall–Kier alpha value is -4.25. The van der Waals surface area contributed by atoms with Gasteiger partial charge in [0.25, 0.3) is 5.56 Å². The first-order chi connectivity index (χ1) is 18.0. The number of hydrogen-bond acceptors (Lipinski definition) is 6. The Morgan fingerprint density at radius 3 is 2.61 bits per heavy atom. The van der Waals surface area contributed by atoms with E-state index in [0.29, 0.717) is 6.42 Å². The number of halogens is 4. The van der Waals surface area contributed by atoms with E-state index >= 15 is 0 Å². The summed E-state index contributed by atoms with van der Waals surface area (Å²) in [5.74, 6) is -0.267. The SMILES string of the molecule is CC[C@H](C)Oc1c(C=Nn2c(-c3cccc(C(F)(F)F)c3)nc3ccccc3c2=O)cc(Cl)cc1[N+](=O)[O-]. The molecule has 0 saturated heterocycles. The first-order valence-electron chi connectivity index (χ1n) is 11.4. The molecule has 0 N–H and O–H groups in total. The van der Waals surface area contributed by atoms with Gasteiger partial charge in [-0.25, -0.2) is 4.98 Å². The van der Waals surface area contributed by atoms with Crippen LogP contribution in [0.4, 0.5) is 18.9 Å². The number of nitrogens with zero attached hydrogens (tertiary/aromatic N) is 4. The average Bonchev–Trinajstić information content (AvgIpc) is 2.88. The van der Waals surface area contributed by atoms with Crippen LogP contribution in [0.3, 0.4) is 0 Å². The van der Waals surface area contributed by atoms with Crippen molar-refractivity contribution in [3.63, 3.8) is 0 Å². The molecule has 1 heterocycles. The molecular weight excluding hydrogens is 525 g/mol. The third-order valence-corrected chi connectivity index (χ3v) is 5.89. The highest BCUT2D eigenvalue weighted by atomic mass is 35.5. The summed E-state index contributed by atoms with van der Waals surface area (Å²) >= 11 is 6.11. The molecule has 1 atom stereocenters. The number of benzene rings is 3. The zero-order valence-corrected chi connectivity index (χ0v) is 20.8. The van der Waals surface area contributed by atoms with Crippen LogP contribution in [-0.4, -0.2) is 26.9 Å². The predicted octanol–water partition coefficient (Wildman–Crippen LogP) is 6.70. The molecule has 0 spiro atoms. The van der Waals surface area contributed by atoms with Crippen molar-refractivity contribution in [2.24, 2.45) is 5.10 Å². The first kappa shape index (κ1) is 26.8. The number of ether oxygens (including phenoxy) is 1. The van der Waals surface area contributed by atoms with E-state index < -0.39 is 34.0 Å². The zero-order valence-electron chi connectivity index (χ0n) is 20.1. The van der Waals surface area contributed by atoms with Crippen molar-refractivity contribution in [2.45, 2.75) is 32.5 Å². The van der Waals surface area contributed by atoms with E-state index in [1.807, 2.05) is 6.92 Å². The Kier molecular flexibility index (Phi) is 7.49. The van der Waals surface area contributed by atoms with Crippen LogP contribution in [-0.2, 0) is 6.18 Å². The number of rotatable bonds is 7. The van der Waals surface area contributed by atoms with Crippen LogP contribution in [0.2, 0.25) is 5.02 Å². The van der Waals surface area contributed by atoms with Crippen LogP contribution in [0.1, 0.15) is 31.4 Å². The van der Waals surface area contributed by atoms with Gasteiger partial charge >= 0.3 is 11.9 Å². The van der Waals surface area contributed by atoms with Crippen molar-refractivity contribution >= 4 is 34.4 Å². The van der Waals surface area contributed by atoms with Gasteiger partial charge in [0.2, 0.25) is 5.75 Å². The summed E-state index contributed by atoms with van der Waals surface area (Å²) < 4.78 is 46.8. The highest BCUT2D eigenvalue weighted by molar-refractivity contribution is 6.31. The second-order valence-corrected chi connectivity index (χ2v) is 8.77. The van der Waals surface area contributed by atoms with Gasteiger partial charge < -0.3 is 4.74 Å². The Bertz CT molecular complexity index is 1620. The molecule has 0 saturated carbocycles. The largest absolute Gasteiger partial charge is 0.483 e. The molecule has 196 valence electrons. The Morgan fingerprint density at radius 2 is 1.92 bits per heavy atom. The maximum Gasteiger partial charge on any atom is 0.416 e. The molecule has 0 aliphatic rings. The van der Waals surface area contributed by atoms with Crippen LogP contribution in [0.15, 0.2) is 70.6 Å². The highest BCUT2D eigenvalue weighted by Gasteiger charge is 2.31. The summed E-state index contributed by atoms with van der Waals surface area (Å²) in [4.78, 5) is 28.8. The van der Waals surface area contributed by atoms with Crippen molar-refractivity contribution in [3.8, 4) is 17.1 Å². The van der Waals surface area contributed by atoms with Gasteiger partial charge in [-0.3, -0.25) is 14.9 Å². The van der Waals surface area contributed by atoms with Gasteiger partial charge in [-0.15, -0.1) is 0 Å². The Balaban J connectivity index is 1.96. The summed E-state index contributed by atoms with van der Waals surface area (Å²) in [6, 6.07) is 13.2. The van der Waals surface area contributed by atoms with E-state index in [4.69, 9.17) is 16.3 Å². The van der Waals surface area contributed by atoms with Crippen LogP contribution in [0.5, 0.6) is 5.75 Å². The van der Waals surface area contributed by atoms with Crippen LogP contribution in [0, 0.1) is 10.1 Å². The van der Waals surface area contributed by atoms with Crippen LogP contribution < -0.4 is 10.3 Å². The summed E-state index contributed by atoms with van der Waals surface area (Å²) in [7, 11) is 0. The third kappa shape index (κ3) is 5.52. The quantitative estimate of drug-likeness (QED) is 0.146. The highest BCUT2D eigenvalue weighted by Crippen LogP contribution is 2.35. The summed E-state index contributed by atoms with van der Waals surface area (Å²) in [6.45, 7) is 3.56. The normalized spacial score (nSPS) is 12.7. The monoisotopic (exact) mass is 544 g/mol. The number of nitro benzene ring substituents is 1. The molecule has 0 bridgehead atoms. The number of para-hydroxylation sites is 1. The van der Waals surface area contributed by atoms with E-state index in [9.17, 15) is 28.1 Å². The fourth-order valence-electron chi connectivity index (χ4n) is 3.62. The number of hydrogen-bond donors (Lipinski definition) is 0. The van der Waals surface area contributed by atoms with Crippen molar-refractivity contribution < 1.29 is 22.8 Å². The molecule has 38 heavy (non-hydrogen) atoms. The Labute approximate surface area is 219 Å². The van der Waals surface area contributed by atoms with Crippen molar-refractivity contribution in [3.05, 3.63) is 97.3 Å². The molecule has 0 aliphatic carbocycles. The lowest BCUT2D eigenvalue weighted by molar-refractivity contribution is -0.386. The fourth-order valence-corrected chi connectivity index (χ4v) is 3.84. The molecule has 4 rings (SSSR count). The molecule has 3 aromatic carbocycles. The van der Waals surface area contributed by atoms with Crippen LogP contribution in [0.25, 0.3) is 22.3 Å². The second kappa shape index (κ2) is 10.6. The first-order valence-corrected chi connectivity index (χ1v) is 11.8. The summed E-state index contributed by atoms with van der Waals surface area (Å²) in [5.41, 5.74) is -1.63. The van der Waals surface area contributed by atoms with Crippen molar-refractivity contribution in [1.82, 2.24) is 9.66 Å². The molecule has 4 aromatic rings.